The van der Waals surface area contributed by atoms with Crippen molar-refractivity contribution in [2.75, 3.05) is 0 Å². The Balaban J connectivity index is 3.05. The molecule has 16 heavy (non-hydrogen) atoms. The van der Waals surface area contributed by atoms with E-state index in [9.17, 15) is 13.2 Å². The van der Waals surface area contributed by atoms with Gasteiger partial charge < -0.3 is 5.73 Å². The monoisotopic (exact) mass is 228 g/mol. The van der Waals surface area contributed by atoms with E-state index < -0.39 is 11.7 Å². The molecular formula is C11H11F3N2. The van der Waals surface area contributed by atoms with Crippen LogP contribution >= 0.6 is 0 Å². The van der Waals surface area contributed by atoms with Crippen molar-refractivity contribution in [1.29, 1.82) is 0 Å². The number of halogens is 3. The molecule has 1 rings (SSSR count). The first kappa shape index (κ1) is 12.3. The molecule has 0 radical (unpaired) electrons. The van der Waals surface area contributed by atoms with Crippen molar-refractivity contribution >= 4 is 11.9 Å². The maximum Gasteiger partial charge on any atom is 0.416 e. The number of hydrogen-bond acceptors (Lipinski definition) is 1. The van der Waals surface area contributed by atoms with E-state index in [2.05, 4.69) is 4.99 Å². The molecule has 0 unspecified atom stereocenters. The standard InChI is InChI=1S/C11H11F3N2/c1-8(15)16-7-6-9-4-2-3-5-10(9)11(12,13)14/h2-7H,1H3,(H2,15,16). The lowest BCUT2D eigenvalue weighted by molar-refractivity contribution is -0.137. The van der Waals surface area contributed by atoms with E-state index in [0.29, 0.717) is 5.84 Å². The lowest BCUT2D eigenvalue weighted by Crippen LogP contribution is -2.06. The third kappa shape index (κ3) is 3.42. The first-order valence-corrected chi connectivity index (χ1v) is 4.54. The number of hydrogen-bond donors (Lipinski definition) is 1. The van der Waals surface area contributed by atoms with Gasteiger partial charge in [-0.1, -0.05) is 18.2 Å². The van der Waals surface area contributed by atoms with E-state index >= 15 is 0 Å². The zero-order valence-electron chi connectivity index (χ0n) is 8.62. The highest BCUT2D eigenvalue weighted by Crippen LogP contribution is 2.32. The Kier molecular flexibility index (Phi) is 3.71. The number of rotatable bonds is 2. The van der Waals surface area contributed by atoms with Crippen molar-refractivity contribution in [1.82, 2.24) is 0 Å². The lowest BCUT2D eigenvalue weighted by atomic mass is 10.1. The molecule has 2 N–H and O–H groups in total. The molecule has 0 atom stereocenters. The van der Waals surface area contributed by atoms with Gasteiger partial charge in [0.1, 0.15) is 0 Å². The normalized spacial score (nSPS) is 13.4. The van der Waals surface area contributed by atoms with Crippen LogP contribution in [0, 0.1) is 0 Å². The molecule has 0 heterocycles. The number of alkyl halides is 3. The van der Waals surface area contributed by atoms with E-state index in [0.717, 1.165) is 6.07 Å². The Labute approximate surface area is 91.3 Å². The molecule has 0 aliphatic rings. The average Bonchev–Trinajstić information content (AvgIpc) is 2.16. The van der Waals surface area contributed by atoms with Gasteiger partial charge in [0.25, 0.3) is 0 Å². The topological polar surface area (TPSA) is 38.4 Å². The van der Waals surface area contributed by atoms with Gasteiger partial charge in [-0.2, -0.15) is 13.2 Å². The third-order valence-electron chi connectivity index (χ3n) is 1.80. The van der Waals surface area contributed by atoms with Crippen molar-refractivity contribution in [3.05, 3.63) is 41.6 Å². The van der Waals surface area contributed by atoms with E-state index in [1.54, 1.807) is 6.92 Å². The summed E-state index contributed by atoms with van der Waals surface area (Å²) >= 11 is 0. The molecule has 0 aliphatic carbocycles. The molecule has 0 amide bonds. The second-order valence-electron chi connectivity index (χ2n) is 3.17. The molecule has 1 aromatic carbocycles. The van der Waals surface area contributed by atoms with Gasteiger partial charge in [-0.05, 0) is 24.6 Å². The predicted molar refractivity (Wildman–Crippen MR) is 57.8 cm³/mol. The maximum absolute atomic E-state index is 12.5. The van der Waals surface area contributed by atoms with Crippen LogP contribution in [0.4, 0.5) is 13.2 Å². The van der Waals surface area contributed by atoms with Crippen molar-refractivity contribution in [2.45, 2.75) is 13.1 Å². The Bertz CT molecular complexity index is 415. The molecule has 0 spiro atoms. The van der Waals surface area contributed by atoms with Crippen molar-refractivity contribution in [2.24, 2.45) is 10.7 Å². The lowest BCUT2D eigenvalue weighted by Gasteiger charge is -2.09. The molecule has 0 fully saturated rings. The average molecular weight is 228 g/mol. The first-order valence-electron chi connectivity index (χ1n) is 4.54. The summed E-state index contributed by atoms with van der Waals surface area (Å²) in [5, 5.41) is 0. The Morgan fingerprint density at radius 3 is 2.50 bits per heavy atom. The third-order valence-corrected chi connectivity index (χ3v) is 1.80. The summed E-state index contributed by atoms with van der Waals surface area (Å²) < 4.78 is 37.6. The molecule has 0 saturated carbocycles. The van der Waals surface area contributed by atoms with Gasteiger partial charge in [-0.15, -0.1) is 0 Å². The number of aliphatic imine (C=N–C) groups is 1. The fraction of sp³-hybridized carbons (Fsp3) is 0.182. The molecule has 86 valence electrons. The second kappa shape index (κ2) is 4.83. The van der Waals surface area contributed by atoms with E-state index in [1.807, 2.05) is 0 Å². The Morgan fingerprint density at radius 1 is 1.31 bits per heavy atom. The quantitative estimate of drug-likeness (QED) is 0.613. The number of nitrogens with zero attached hydrogens (tertiary/aromatic N) is 1. The minimum atomic E-state index is -4.36. The summed E-state index contributed by atoms with van der Waals surface area (Å²) in [5.74, 6) is 0.292. The van der Waals surface area contributed by atoms with Gasteiger partial charge in [-0.25, -0.2) is 4.99 Å². The van der Waals surface area contributed by atoms with Crippen LogP contribution in [0.15, 0.2) is 35.5 Å². The van der Waals surface area contributed by atoms with Gasteiger partial charge in [0.15, 0.2) is 0 Å². The van der Waals surface area contributed by atoms with Crippen LogP contribution in [0.3, 0.4) is 0 Å². The minimum absolute atomic E-state index is 0.0694. The van der Waals surface area contributed by atoms with Gasteiger partial charge in [0, 0.05) is 6.20 Å². The SMILES string of the molecule is CC(N)=NC=Cc1ccccc1C(F)(F)F. The number of amidine groups is 1. The van der Waals surface area contributed by atoms with Crippen LogP contribution < -0.4 is 5.73 Å². The van der Waals surface area contributed by atoms with Crippen molar-refractivity contribution in [3.8, 4) is 0 Å². The predicted octanol–water partition coefficient (Wildman–Crippen LogP) is 3.05. The number of benzene rings is 1. The van der Waals surface area contributed by atoms with Crippen LogP contribution in [0.25, 0.3) is 6.08 Å². The molecular weight excluding hydrogens is 217 g/mol. The molecule has 2 nitrogen and oxygen atoms in total. The van der Waals surface area contributed by atoms with Crippen LogP contribution in [0.2, 0.25) is 0 Å². The summed E-state index contributed by atoms with van der Waals surface area (Å²) in [6.07, 6.45) is -1.83. The van der Waals surface area contributed by atoms with E-state index in [4.69, 9.17) is 5.73 Å². The summed E-state index contributed by atoms with van der Waals surface area (Å²) in [7, 11) is 0. The zero-order chi connectivity index (χ0) is 12.2. The van der Waals surface area contributed by atoms with Gasteiger partial charge >= 0.3 is 6.18 Å². The molecule has 0 bridgehead atoms. The van der Waals surface area contributed by atoms with Crippen molar-refractivity contribution < 1.29 is 13.2 Å². The van der Waals surface area contributed by atoms with Crippen LogP contribution in [0.5, 0.6) is 0 Å². The van der Waals surface area contributed by atoms with Crippen LogP contribution in [0.1, 0.15) is 18.1 Å². The minimum Gasteiger partial charge on any atom is -0.387 e. The Hall–Kier alpha value is -1.78. The number of nitrogens with two attached hydrogens (primary N) is 1. The first-order chi connectivity index (χ1) is 7.41. The largest absolute Gasteiger partial charge is 0.416 e. The fourth-order valence-electron chi connectivity index (χ4n) is 1.14. The van der Waals surface area contributed by atoms with E-state index in [1.165, 1.54) is 30.5 Å². The molecule has 0 saturated heterocycles. The molecule has 0 aromatic heterocycles. The highest BCUT2D eigenvalue weighted by molar-refractivity contribution is 5.78. The van der Waals surface area contributed by atoms with Gasteiger partial charge in [0.2, 0.25) is 0 Å². The highest BCUT2D eigenvalue weighted by Gasteiger charge is 2.32. The molecule has 1 aromatic rings. The maximum atomic E-state index is 12.5. The molecule has 0 aliphatic heterocycles. The zero-order valence-corrected chi connectivity index (χ0v) is 8.62. The van der Waals surface area contributed by atoms with Gasteiger partial charge in [0.05, 0.1) is 11.4 Å². The molecule has 5 heteroatoms. The van der Waals surface area contributed by atoms with Crippen molar-refractivity contribution in [3.63, 3.8) is 0 Å². The summed E-state index contributed by atoms with van der Waals surface area (Å²) in [5.41, 5.74) is 4.64. The Morgan fingerprint density at radius 2 is 1.94 bits per heavy atom. The van der Waals surface area contributed by atoms with Crippen LogP contribution in [-0.2, 0) is 6.18 Å². The van der Waals surface area contributed by atoms with Gasteiger partial charge in [-0.3, -0.25) is 0 Å². The summed E-state index contributed by atoms with van der Waals surface area (Å²) in [6, 6.07) is 5.28. The fourth-order valence-corrected chi connectivity index (χ4v) is 1.14. The highest BCUT2D eigenvalue weighted by atomic mass is 19.4. The summed E-state index contributed by atoms with van der Waals surface area (Å²) in [6.45, 7) is 1.56. The summed E-state index contributed by atoms with van der Waals surface area (Å²) in [4.78, 5) is 3.69. The van der Waals surface area contributed by atoms with Crippen LogP contribution in [-0.4, -0.2) is 5.84 Å². The smallest absolute Gasteiger partial charge is 0.387 e. The van der Waals surface area contributed by atoms with E-state index in [-0.39, 0.29) is 5.56 Å². The second-order valence-corrected chi connectivity index (χ2v) is 3.17.